The summed E-state index contributed by atoms with van der Waals surface area (Å²) in [6.45, 7) is 0. The van der Waals surface area contributed by atoms with Crippen LogP contribution in [0.3, 0.4) is 0 Å². The van der Waals surface area contributed by atoms with Crippen LogP contribution in [0.1, 0.15) is 5.56 Å². The third-order valence-corrected chi connectivity index (χ3v) is 4.42. The van der Waals surface area contributed by atoms with Crippen LogP contribution in [-0.4, -0.2) is 30.5 Å². The number of methoxy groups -OCH3 is 1. The molecule has 0 fully saturated rings. The van der Waals surface area contributed by atoms with Gasteiger partial charge in [0.15, 0.2) is 0 Å². The molecule has 0 amide bonds. The molecule has 3 rings (SSSR count). The van der Waals surface area contributed by atoms with E-state index >= 15 is 0 Å². The first-order chi connectivity index (χ1) is 12.2. The molecule has 4 nitrogen and oxygen atoms in total. The van der Waals surface area contributed by atoms with Gasteiger partial charge in [0.1, 0.15) is 17.4 Å². The minimum Gasteiger partial charge on any atom is -0.497 e. The Morgan fingerprint density at radius 2 is 2.04 bits per heavy atom. The van der Waals surface area contributed by atoms with Gasteiger partial charge in [-0.05, 0) is 41.8 Å². The number of rotatable bonds is 3. The van der Waals surface area contributed by atoms with Gasteiger partial charge in [-0.25, -0.2) is 0 Å². The number of halogens is 4. The van der Waals surface area contributed by atoms with E-state index in [2.05, 4.69) is 0 Å². The predicted octanol–water partition coefficient (Wildman–Crippen LogP) is 4.58. The van der Waals surface area contributed by atoms with Gasteiger partial charge in [-0.2, -0.15) is 13.2 Å². The van der Waals surface area contributed by atoms with E-state index in [1.54, 1.807) is 24.3 Å². The Labute approximate surface area is 152 Å². The van der Waals surface area contributed by atoms with Crippen molar-refractivity contribution < 1.29 is 32.5 Å². The molecule has 0 saturated carbocycles. The maximum Gasteiger partial charge on any atom is 0.426 e. The standard InChI is InChI=1S/C18H14ClF3O4/c1-25-12-4-2-3-9(6-12)13-8-11(19)5-10-7-14(17(23)24)16(18(20,21)22)26-15(10)13/h2-6,8,14,16H,7H2,1H3,(H,23,24)/t14-,16+/m1/s1. The Hall–Kier alpha value is -2.41. The number of carboxylic acids is 1. The Bertz CT molecular complexity index is 851. The summed E-state index contributed by atoms with van der Waals surface area (Å²) in [6.07, 6.45) is -7.57. The molecular weight excluding hydrogens is 373 g/mol. The second-order valence-electron chi connectivity index (χ2n) is 5.90. The molecule has 1 N–H and O–H groups in total. The summed E-state index contributed by atoms with van der Waals surface area (Å²) in [4.78, 5) is 11.3. The summed E-state index contributed by atoms with van der Waals surface area (Å²) in [5, 5.41) is 9.47. The normalized spacial score (nSPS) is 19.4. The lowest BCUT2D eigenvalue weighted by Gasteiger charge is -2.33. The molecule has 0 aliphatic carbocycles. The van der Waals surface area contributed by atoms with E-state index in [0.29, 0.717) is 22.4 Å². The van der Waals surface area contributed by atoms with Gasteiger partial charge >= 0.3 is 12.1 Å². The molecule has 1 aliphatic rings. The van der Waals surface area contributed by atoms with Crippen LogP contribution in [0.25, 0.3) is 11.1 Å². The van der Waals surface area contributed by atoms with E-state index < -0.39 is 24.2 Å². The molecule has 26 heavy (non-hydrogen) atoms. The van der Waals surface area contributed by atoms with Crippen LogP contribution >= 0.6 is 11.6 Å². The topological polar surface area (TPSA) is 55.8 Å². The van der Waals surface area contributed by atoms with Crippen LogP contribution in [0.2, 0.25) is 5.02 Å². The molecule has 1 heterocycles. The summed E-state index contributed by atoms with van der Waals surface area (Å²) in [6, 6.07) is 9.63. The highest BCUT2D eigenvalue weighted by atomic mass is 35.5. The second kappa shape index (κ2) is 6.72. The molecule has 8 heteroatoms. The molecule has 0 spiro atoms. The van der Waals surface area contributed by atoms with Crippen LogP contribution < -0.4 is 9.47 Å². The highest BCUT2D eigenvalue weighted by Crippen LogP contribution is 2.45. The molecule has 0 bridgehead atoms. The lowest BCUT2D eigenvalue weighted by molar-refractivity contribution is -0.217. The van der Waals surface area contributed by atoms with Gasteiger partial charge in [0.2, 0.25) is 6.10 Å². The zero-order chi connectivity index (χ0) is 19.1. The first-order valence-electron chi connectivity index (χ1n) is 7.63. The first kappa shape index (κ1) is 18.4. The molecule has 0 saturated heterocycles. The van der Waals surface area contributed by atoms with Gasteiger partial charge in [-0.15, -0.1) is 0 Å². The molecule has 138 valence electrons. The molecule has 1 aliphatic heterocycles. The number of carbonyl (C=O) groups is 1. The van der Waals surface area contributed by atoms with Crippen molar-refractivity contribution in [1.82, 2.24) is 0 Å². The lowest BCUT2D eigenvalue weighted by Crippen LogP contribution is -2.47. The monoisotopic (exact) mass is 386 g/mol. The van der Waals surface area contributed by atoms with Crippen molar-refractivity contribution in [2.45, 2.75) is 18.7 Å². The maximum absolute atomic E-state index is 13.3. The van der Waals surface area contributed by atoms with Gasteiger partial charge in [-0.1, -0.05) is 23.7 Å². The zero-order valence-electron chi connectivity index (χ0n) is 13.5. The summed E-state index contributed by atoms with van der Waals surface area (Å²) < 4.78 is 50.4. The Morgan fingerprint density at radius 1 is 1.31 bits per heavy atom. The summed E-state index contributed by atoms with van der Waals surface area (Å²) >= 11 is 6.10. The number of hydrogen-bond donors (Lipinski definition) is 1. The van der Waals surface area contributed by atoms with Gasteiger partial charge < -0.3 is 14.6 Å². The van der Waals surface area contributed by atoms with Crippen LogP contribution in [0.15, 0.2) is 36.4 Å². The minimum absolute atomic E-state index is 0.0116. The van der Waals surface area contributed by atoms with Crippen molar-refractivity contribution in [1.29, 1.82) is 0 Å². The minimum atomic E-state index is -4.81. The molecular formula is C18H14ClF3O4. The van der Waals surface area contributed by atoms with Crippen LogP contribution in [0.4, 0.5) is 13.2 Å². The van der Waals surface area contributed by atoms with Gasteiger partial charge in [0, 0.05) is 10.6 Å². The number of benzene rings is 2. The lowest BCUT2D eigenvalue weighted by atomic mass is 9.88. The number of ether oxygens (including phenoxy) is 2. The average Bonchev–Trinajstić information content (AvgIpc) is 2.59. The smallest absolute Gasteiger partial charge is 0.426 e. The SMILES string of the molecule is COc1cccc(-c2cc(Cl)cc3c2O[C@H](C(F)(F)F)[C@H](C(=O)O)C3)c1. The summed E-state index contributed by atoms with van der Waals surface area (Å²) in [7, 11) is 1.47. The predicted molar refractivity (Wildman–Crippen MR) is 88.7 cm³/mol. The van der Waals surface area contributed by atoms with Crippen molar-refractivity contribution in [3.8, 4) is 22.6 Å². The number of fused-ring (bicyclic) bond motifs is 1. The Balaban J connectivity index is 2.15. The molecule has 0 aromatic heterocycles. The molecule has 0 unspecified atom stereocenters. The van der Waals surface area contributed by atoms with Crippen molar-refractivity contribution in [2.24, 2.45) is 5.92 Å². The zero-order valence-corrected chi connectivity index (χ0v) is 14.3. The van der Waals surface area contributed by atoms with Gasteiger partial charge in [0.25, 0.3) is 0 Å². The molecule has 0 radical (unpaired) electrons. The fraction of sp³-hybridized carbons (Fsp3) is 0.278. The summed E-state index contributed by atoms with van der Waals surface area (Å²) in [5.41, 5.74) is 1.23. The Kier molecular flexibility index (Phi) is 4.75. The van der Waals surface area contributed by atoms with E-state index in [1.807, 2.05) is 0 Å². The quantitative estimate of drug-likeness (QED) is 0.838. The fourth-order valence-corrected chi connectivity index (χ4v) is 3.25. The fourth-order valence-electron chi connectivity index (χ4n) is 3.01. The average molecular weight is 387 g/mol. The Morgan fingerprint density at radius 3 is 2.65 bits per heavy atom. The first-order valence-corrected chi connectivity index (χ1v) is 8.01. The van der Waals surface area contributed by atoms with E-state index in [0.717, 1.165) is 0 Å². The molecule has 2 atom stereocenters. The van der Waals surface area contributed by atoms with Crippen molar-refractivity contribution >= 4 is 17.6 Å². The van der Waals surface area contributed by atoms with Crippen LogP contribution in [0.5, 0.6) is 11.5 Å². The number of aliphatic carboxylic acids is 1. The maximum atomic E-state index is 13.3. The van der Waals surface area contributed by atoms with Crippen molar-refractivity contribution in [2.75, 3.05) is 7.11 Å². The highest BCUT2D eigenvalue weighted by molar-refractivity contribution is 6.31. The highest BCUT2D eigenvalue weighted by Gasteiger charge is 2.52. The number of hydrogen-bond acceptors (Lipinski definition) is 3. The largest absolute Gasteiger partial charge is 0.497 e. The van der Waals surface area contributed by atoms with E-state index in [1.165, 1.54) is 19.2 Å². The summed E-state index contributed by atoms with van der Waals surface area (Å²) in [5.74, 6) is -2.80. The van der Waals surface area contributed by atoms with Crippen molar-refractivity contribution in [3.05, 3.63) is 47.0 Å². The number of alkyl halides is 3. The van der Waals surface area contributed by atoms with Crippen molar-refractivity contribution in [3.63, 3.8) is 0 Å². The van der Waals surface area contributed by atoms with E-state index in [4.69, 9.17) is 21.1 Å². The third kappa shape index (κ3) is 3.44. The van der Waals surface area contributed by atoms with Crippen LogP contribution in [0, 0.1) is 5.92 Å². The molecule has 2 aromatic rings. The molecule has 2 aromatic carbocycles. The second-order valence-corrected chi connectivity index (χ2v) is 6.34. The van der Waals surface area contributed by atoms with E-state index in [-0.39, 0.29) is 17.2 Å². The van der Waals surface area contributed by atoms with Crippen LogP contribution in [-0.2, 0) is 11.2 Å². The van der Waals surface area contributed by atoms with E-state index in [9.17, 15) is 23.1 Å². The number of carboxylic acid groups (broad SMARTS) is 1. The van der Waals surface area contributed by atoms with Gasteiger partial charge in [0.05, 0.1) is 7.11 Å². The third-order valence-electron chi connectivity index (χ3n) is 4.20. The van der Waals surface area contributed by atoms with Gasteiger partial charge in [-0.3, -0.25) is 4.79 Å².